The van der Waals surface area contributed by atoms with Gasteiger partial charge in [0.2, 0.25) is 0 Å². The molecule has 1 atom stereocenters. The normalized spacial score (nSPS) is 22.8. The molecular formula is C22H19N3O6. The molecule has 4 amide bonds. The van der Waals surface area contributed by atoms with E-state index in [9.17, 15) is 19.2 Å². The van der Waals surface area contributed by atoms with Gasteiger partial charge >= 0.3 is 6.09 Å². The van der Waals surface area contributed by atoms with Crippen molar-refractivity contribution < 1.29 is 34.1 Å². The fourth-order valence-electron chi connectivity index (χ4n) is 3.73. The van der Waals surface area contributed by atoms with Crippen LogP contribution >= 0.6 is 0 Å². The Hall–Kier alpha value is -3.72. The molecule has 9 nitrogen and oxygen atoms in total. The number of cyclic esters (lactones) is 1. The number of hydrogen-bond donors (Lipinski definition) is 0. The van der Waals surface area contributed by atoms with Crippen molar-refractivity contribution in [1.29, 1.82) is 0 Å². The Bertz CT molecular complexity index is 1240. The zero-order valence-corrected chi connectivity index (χ0v) is 16.2. The number of rotatable bonds is 4. The summed E-state index contributed by atoms with van der Waals surface area (Å²) in [5.41, 5.74) is 0.0181. The number of carbonyl (C=O) groups excluding carboxylic acids is 4. The van der Waals surface area contributed by atoms with Gasteiger partial charge in [-0.1, -0.05) is 12.1 Å². The fourth-order valence-corrected chi connectivity index (χ4v) is 3.73. The molecule has 2 fully saturated rings. The first-order chi connectivity index (χ1) is 16.7. The van der Waals surface area contributed by atoms with E-state index in [1.807, 2.05) is 0 Å². The lowest BCUT2D eigenvalue weighted by Gasteiger charge is -2.27. The summed E-state index contributed by atoms with van der Waals surface area (Å²) in [7, 11) is 0. The van der Waals surface area contributed by atoms with Crippen LogP contribution in [0.25, 0.3) is 0 Å². The molecule has 31 heavy (non-hydrogen) atoms. The van der Waals surface area contributed by atoms with Crippen LogP contribution in [0.5, 0.6) is 0 Å². The topological polar surface area (TPSA) is 96.5 Å². The van der Waals surface area contributed by atoms with E-state index in [2.05, 4.69) is 0 Å². The summed E-state index contributed by atoms with van der Waals surface area (Å²) in [6, 6.07) is 4.36. The number of fused-ring (bicyclic) bond motifs is 1. The molecule has 2 saturated heterocycles. The lowest BCUT2D eigenvalue weighted by molar-refractivity contribution is -0.125. The Labute approximate surface area is 183 Å². The van der Waals surface area contributed by atoms with E-state index in [4.69, 9.17) is 15.0 Å². The van der Waals surface area contributed by atoms with Gasteiger partial charge in [-0.05, 0) is 36.3 Å². The lowest BCUT2D eigenvalue weighted by atomic mass is 10.1. The highest BCUT2D eigenvalue weighted by Gasteiger charge is 2.40. The van der Waals surface area contributed by atoms with Gasteiger partial charge in [0.15, 0.2) is 0 Å². The first-order valence-corrected chi connectivity index (χ1v) is 9.62. The van der Waals surface area contributed by atoms with Crippen LogP contribution in [-0.4, -0.2) is 67.7 Å². The van der Waals surface area contributed by atoms with Gasteiger partial charge in [0.1, 0.15) is 12.7 Å². The molecule has 3 aliphatic rings. The molecule has 158 valence electrons. The third-order valence-electron chi connectivity index (χ3n) is 5.26. The molecule has 0 bridgehead atoms. The van der Waals surface area contributed by atoms with Crippen LogP contribution in [0, 0.1) is 0 Å². The lowest BCUT2D eigenvalue weighted by Crippen LogP contribution is -2.41. The van der Waals surface area contributed by atoms with Crippen molar-refractivity contribution in [3.05, 3.63) is 59.6 Å². The van der Waals surface area contributed by atoms with E-state index >= 15 is 0 Å². The van der Waals surface area contributed by atoms with E-state index in [0.29, 0.717) is 0 Å². The second-order valence-electron chi connectivity index (χ2n) is 7.18. The number of carbonyl (C=O) groups is 4. The van der Waals surface area contributed by atoms with E-state index in [0.717, 1.165) is 14.7 Å². The van der Waals surface area contributed by atoms with E-state index in [-0.39, 0.29) is 55.3 Å². The number of anilines is 2. The highest BCUT2D eigenvalue weighted by molar-refractivity contribution is 6.21. The zero-order chi connectivity index (χ0) is 25.0. The number of hydrogen-bond acceptors (Lipinski definition) is 6. The van der Waals surface area contributed by atoms with Gasteiger partial charge in [0.05, 0.1) is 36.3 Å². The summed E-state index contributed by atoms with van der Waals surface area (Å²) in [5, 5.41) is 0. The predicted molar refractivity (Wildman–Crippen MR) is 109 cm³/mol. The quantitative estimate of drug-likeness (QED) is 0.692. The van der Waals surface area contributed by atoms with Crippen LogP contribution in [0.15, 0.2) is 48.4 Å². The molecule has 0 spiro atoms. The Morgan fingerprint density at radius 3 is 2.16 bits per heavy atom. The molecule has 5 rings (SSSR count). The molecule has 0 aromatic heterocycles. The summed E-state index contributed by atoms with van der Waals surface area (Å²) in [6.45, 7) is -0.400. The highest BCUT2D eigenvalue weighted by Crippen LogP contribution is 2.28. The van der Waals surface area contributed by atoms with Gasteiger partial charge in [-0.3, -0.25) is 24.2 Å². The maximum Gasteiger partial charge on any atom is 0.414 e. The van der Waals surface area contributed by atoms with Gasteiger partial charge in [-0.2, -0.15) is 0 Å². The van der Waals surface area contributed by atoms with Crippen molar-refractivity contribution in [2.45, 2.75) is 6.10 Å². The van der Waals surface area contributed by atoms with E-state index < -0.39 is 54.1 Å². The smallest absolute Gasteiger partial charge is 0.414 e. The third-order valence-corrected chi connectivity index (χ3v) is 5.26. The third kappa shape index (κ3) is 3.32. The average Bonchev–Trinajstić information content (AvgIpc) is 3.32. The van der Waals surface area contributed by atoms with Gasteiger partial charge in [0, 0.05) is 17.9 Å². The van der Waals surface area contributed by atoms with Crippen molar-refractivity contribution in [3.8, 4) is 0 Å². The Morgan fingerprint density at radius 1 is 0.935 bits per heavy atom. The molecule has 0 aliphatic carbocycles. The molecule has 2 aromatic carbocycles. The number of nitrogens with zero attached hydrogens (tertiary/aromatic N) is 3. The molecule has 3 aliphatic heterocycles. The van der Waals surface area contributed by atoms with Crippen LogP contribution in [0.2, 0.25) is 0 Å². The largest absolute Gasteiger partial charge is 0.442 e. The summed E-state index contributed by atoms with van der Waals surface area (Å²) in [5.74, 6) is -1.51. The number of amides is 4. The molecule has 0 radical (unpaired) electrons. The first-order valence-electron chi connectivity index (χ1n) is 11.6. The molecular weight excluding hydrogens is 402 g/mol. The average molecular weight is 425 g/mol. The summed E-state index contributed by atoms with van der Waals surface area (Å²) in [6.07, 6.45) is -1.87. The molecule has 9 heteroatoms. The standard InChI is InChI=1S/C22H19N3O6/c26-19-13-30-10-9-23(19)14-5-7-15(8-6-14)24-11-16(31-22(24)29)12-25-20(27)17-3-1-2-4-18(17)21(25)28/h1-8,16H,9-13H2/t16-/m0/s1/i5D,6D,7D,8D. The van der Waals surface area contributed by atoms with Gasteiger partial charge < -0.3 is 14.4 Å². The molecule has 3 heterocycles. The van der Waals surface area contributed by atoms with Crippen LogP contribution in [0.1, 0.15) is 26.2 Å². The minimum absolute atomic E-state index is 0.0724. The fraction of sp³-hybridized carbons (Fsp3) is 0.273. The second-order valence-corrected chi connectivity index (χ2v) is 7.18. The monoisotopic (exact) mass is 425 g/mol. The predicted octanol–water partition coefficient (Wildman–Crippen LogP) is 1.67. The molecule has 0 unspecified atom stereocenters. The number of benzene rings is 2. The summed E-state index contributed by atoms with van der Waals surface area (Å²) < 4.78 is 44.0. The summed E-state index contributed by atoms with van der Waals surface area (Å²) >= 11 is 0. The Balaban J connectivity index is 1.41. The maximum absolute atomic E-state index is 12.7. The minimum Gasteiger partial charge on any atom is -0.442 e. The van der Waals surface area contributed by atoms with Crippen molar-refractivity contribution >= 4 is 35.2 Å². The van der Waals surface area contributed by atoms with Gasteiger partial charge in [0.25, 0.3) is 17.7 Å². The second kappa shape index (κ2) is 7.51. The molecule has 0 saturated carbocycles. The van der Waals surface area contributed by atoms with E-state index in [1.54, 1.807) is 12.1 Å². The van der Waals surface area contributed by atoms with Crippen LogP contribution in [0.4, 0.5) is 16.2 Å². The van der Waals surface area contributed by atoms with Crippen LogP contribution < -0.4 is 9.80 Å². The number of ether oxygens (including phenoxy) is 2. The maximum atomic E-state index is 12.7. The SMILES string of the molecule is [2H]c1c([2H])c(N2C[C@@H](CN3C(=O)c4ccccc4C3=O)OC2=O)c([2H])c([2H])c1N1CCOCC1=O. The Kier molecular flexibility index (Phi) is 3.67. The first kappa shape index (κ1) is 15.1. The van der Waals surface area contributed by atoms with Crippen molar-refractivity contribution in [2.75, 3.05) is 42.6 Å². The van der Waals surface area contributed by atoms with Crippen LogP contribution in [0.3, 0.4) is 0 Å². The van der Waals surface area contributed by atoms with Crippen molar-refractivity contribution in [3.63, 3.8) is 0 Å². The van der Waals surface area contributed by atoms with Gasteiger partial charge in [-0.25, -0.2) is 4.79 Å². The number of imide groups is 1. The molecule has 0 N–H and O–H groups in total. The van der Waals surface area contributed by atoms with Crippen molar-refractivity contribution in [2.24, 2.45) is 0 Å². The molecule has 2 aromatic rings. The zero-order valence-electron chi connectivity index (χ0n) is 20.2. The highest BCUT2D eigenvalue weighted by atomic mass is 16.6. The summed E-state index contributed by atoms with van der Waals surface area (Å²) in [4.78, 5) is 53.2. The minimum atomic E-state index is -0.938. The van der Waals surface area contributed by atoms with E-state index in [1.165, 1.54) is 12.1 Å². The Morgan fingerprint density at radius 2 is 1.55 bits per heavy atom. The van der Waals surface area contributed by atoms with Crippen molar-refractivity contribution in [1.82, 2.24) is 4.90 Å². The number of morpholine rings is 1. The van der Waals surface area contributed by atoms with Crippen LogP contribution in [-0.2, 0) is 14.3 Å². The van der Waals surface area contributed by atoms with Gasteiger partial charge in [-0.15, -0.1) is 0 Å².